The van der Waals surface area contributed by atoms with Crippen LogP contribution in [-0.2, 0) is 4.79 Å². The van der Waals surface area contributed by atoms with Crippen molar-refractivity contribution in [1.82, 2.24) is 0 Å². The van der Waals surface area contributed by atoms with Crippen LogP contribution in [0.3, 0.4) is 0 Å². The van der Waals surface area contributed by atoms with Crippen molar-refractivity contribution in [3.05, 3.63) is 41.2 Å². The van der Waals surface area contributed by atoms with Crippen molar-refractivity contribution in [3.63, 3.8) is 0 Å². The van der Waals surface area contributed by atoms with E-state index in [1.54, 1.807) is 21.0 Å². The van der Waals surface area contributed by atoms with Crippen LogP contribution in [0.1, 0.15) is 26.3 Å². The van der Waals surface area contributed by atoms with Gasteiger partial charge >= 0.3 is 0 Å². The first-order valence-corrected chi connectivity index (χ1v) is 5.94. The molecule has 0 aliphatic rings. The second kappa shape index (κ2) is 6.68. The second-order valence-electron chi connectivity index (χ2n) is 4.25. The number of methoxy groups -OCH3 is 1. The lowest BCUT2D eigenvalue weighted by Crippen LogP contribution is -2.12. The molecule has 0 heterocycles. The number of carbonyl (C=O) groups excluding carboxylic acids is 1. The predicted molar refractivity (Wildman–Crippen MR) is 72.8 cm³/mol. The summed E-state index contributed by atoms with van der Waals surface area (Å²) in [6.07, 6.45) is 1.35. The molecule has 1 aromatic carbocycles. The van der Waals surface area contributed by atoms with Gasteiger partial charge in [0.15, 0.2) is 11.8 Å². The van der Waals surface area contributed by atoms with E-state index in [2.05, 4.69) is 5.11 Å². The molecule has 0 amide bonds. The average molecular weight is 262 g/mol. The smallest absolute Gasteiger partial charge is 0.212 e. The van der Waals surface area contributed by atoms with Crippen LogP contribution in [0, 0.1) is 5.21 Å². The number of Topliss-reactive ketones (excluding diaryl/α,β-unsaturated/α-hetero) is 1. The maximum atomic E-state index is 11.6. The third-order valence-corrected chi connectivity index (χ3v) is 2.72. The largest absolute Gasteiger partial charge is 0.595 e. The summed E-state index contributed by atoms with van der Waals surface area (Å²) in [5.41, 5.74) is 1.66. The number of rotatable bonds is 5. The fourth-order valence-electron chi connectivity index (χ4n) is 1.38. The number of hydroxylamine groups is 1. The topological polar surface area (TPSA) is 64.7 Å². The summed E-state index contributed by atoms with van der Waals surface area (Å²) in [7, 11) is 1.60. The number of carbonyl (C=O) groups is 1. The first-order valence-electron chi connectivity index (χ1n) is 5.94. The Morgan fingerprint density at radius 3 is 2.42 bits per heavy atom. The summed E-state index contributed by atoms with van der Waals surface area (Å²) in [6, 6.07) is 6.71. The molecule has 5 heteroatoms. The van der Waals surface area contributed by atoms with Gasteiger partial charge in [-0.25, -0.2) is 0 Å². The van der Waals surface area contributed by atoms with Gasteiger partial charge in [-0.1, -0.05) is 17.0 Å². The van der Waals surface area contributed by atoms with Crippen LogP contribution in [0.15, 0.2) is 35.6 Å². The number of hydrogen-bond acceptors (Lipinski definition) is 4. The first-order chi connectivity index (χ1) is 8.93. The lowest BCUT2D eigenvalue weighted by Gasteiger charge is -2.03. The van der Waals surface area contributed by atoms with Crippen LogP contribution in [0.25, 0.3) is 5.57 Å². The van der Waals surface area contributed by atoms with Crippen molar-refractivity contribution >= 4 is 11.4 Å². The number of benzene rings is 1. The highest BCUT2D eigenvalue weighted by Gasteiger charge is 2.09. The number of ketones is 1. The molecule has 0 N–H and O–H groups in total. The van der Waals surface area contributed by atoms with Gasteiger partial charge in [0.25, 0.3) is 0 Å². The Hall–Kier alpha value is -2.17. The monoisotopic (exact) mass is 262 g/mol. The van der Waals surface area contributed by atoms with Crippen molar-refractivity contribution < 1.29 is 14.4 Å². The van der Waals surface area contributed by atoms with Crippen LogP contribution >= 0.6 is 0 Å². The molecule has 0 aliphatic carbocycles. The molecule has 0 aliphatic heterocycles. The second-order valence-corrected chi connectivity index (χ2v) is 4.25. The molecule has 0 radical (unpaired) electrons. The van der Waals surface area contributed by atoms with Crippen LogP contribution in [0.4, 0.5) is 0 Å². The minimum absolute atomic E-state index is 0.142. The van der Waals surface area contributed by atoms with E-state index in [0.29, 0.717) is 4.86 Å². The van der Waals surface area contributed by atoms with E-state index in [0.717, 1.165) is 16.9 Å². The van der Waals surface area contributed by atoms with Crippen molar-refractivity contribution in [2.75, 3.05) is 7.11 Å². The predicted octanol–water partition coefficient (Wildman–Crippen LogP) is 3.00. The SMILES string of the molecule is COc1ccc(/C(C)=C/[N+]([O-])=N[C@@H](C)C(C)=O)cc1. The van der Waals surface area contributed by atoms with Gasteiger partial charge in [-0.2, -0.15) is 0 Å². The van der Waals surface area contributed by atoms with Crippen LogP contribution in [-0.4, -0.2) is 23.8 Å². The molecule has 0 aromatic heterocycles. The number of nitrogens with zero attached hydrogens (tertiary/aromatic N) is 2. The fraction of sp³-hybridized carbons (Fsp3) is 0.357. The number of ether oxygens (including phenoxy) is 1. The summed E-state index contributed by atoms with van der Waals surface area (Å²) in [5, 5.41) is 15.3. The van der Waals surface area contributed by atoms with Gasteiger partial charge in [0.1, 0.15) is 5.75 Å². The van der Waals surface area contributed by atoms with Crippen molar-refractivity contribution in [3.8, 4) is 5.75 Å². The summed E-state index contributed by atoms with van der Waals surface area (Å²) in [6.45, 7) is 4.80. The van der Waals surface area contributed by atoms with Gasteiger partial charge in [-0.3, -0.25) is 4.79 Å². The molecule has 0 fully saturated rings. The lowest BCUT2D eigenvalue weighted by molar-refractivity contribution is -0.460. The van der Waals surface area contributed by atoms with E-state index in [1.807, 2.05) is 24.3 Å². The Morgan fingerprint density at radius 1 is 1.37 bits per heavy atom. The normalized spacial score (nSPS) is 14.1. The molecule has 102 valence electrons. The lowest BCUT2D eigenvalue weighted by atomic mass is 10.1. The maximum Gasteiger partial charge on any atom is 0.212 e. The Morgan fingerprint density at radius 2 is 1.95 bits per heavy atom. The molecular formula is C14H18N2O3. The standard InChI is InChI=1S/C14H18N2O3/c1-10(9-16(18)15-11(2)12(3)17)13-5-7-14(19-4)8-6-13/h5-9,11H,1-4H3/b10-9+,16-15?/t11-/m0/s1. The Balaban J connectivity index is 2.88. The number of azo groups is 1. The minimum Gasteiger partial charge on any atom is -0.595 e. The van der Waals surface area contributed by atoms with E-state index in [4.69, 9.17) is 4.74 Å². The molecular weight excluding hydrogens is 244 g/mol. The van der Waals surface area contributed by atoms with Crippen molar-refractivity contribution in [2.24, 2.45) is 5.11 Å². The molecule has 1 rings (SSSR count). The van der Waals surface area contributed by atoms with Gasteiger partial charge in [0.05, 0.1) is 7.11 Å². The van der Waals surface area contributed by atoms with Gasteiger partial charge in [0, 0.05) is 5.57 Å². The van der Waals surface area contributed by atoms with Crippen molar-refractivity contribution in [1.29, 1.82) is 0 Å². The maximum absolute atomic E-state index is 11.6. The molecule has 19 heavy (non-hydrogen) atoms. The third kappa shape index (κ3) is 4.54. The molecule has 0 bridgehead atoms. The Kier molecular flexibility index (Phi) is 5.23. The van der Waals surface area contributed by atoms with Crippen molar-refractivity contribution in [2.45, 2.75) is 26.8 Å². The molecule has 1 aromatic rings. The molecule has 0 saturated carbocycles. The summed E-state index contributed by atoms with van der Waals surface area (Å²) >= 11 is 0. The van der Waals surface area contributed by atoms with E-state index < -0.39 is 6.04 Å². The number of allylic oxidation sites excluding steroid dienone is 1. The number of hydrogen-bond donors (Lipinski definition) is 0. The highest BCUT2D eigenvalue weighted by atomic mass is 16.5. The van der Waals surface area contributed by atoms with E-state index in [1.165, 1.54) is 13.1 Å². The molecule has 0 spiro atoms. The molecule has 0 saturated heterocycles. The molecule has 1 atom stereocenters. The Bertz CT molecular complexity index is 504. The zero-order valence-electron chi connectivity index (χ0n) is 11.6. The van der Waals surface area contributed by atoms with E-state index in [9.17, 15) is 10.0 Å². The minimum atomic E-state index is -0.627. The average Bonchev–Trinajstić information content (AvgIpc) is 2.38. The highest BCUT2D eigenvalue weighted by Crippen LogP contribution is 2.18. The molecule has 0 unspecified atom stereocenters. The van der Waals surface area contributed by atoms with Crippen LogP contribution in [0.5, 0.6) is 5.75 Å². The van der Waals surface area contributed by atoms with E-state index >= 15 is 0 Å². The Labute approximate surface area is 112 Å². The van der Waals surface area contributed by atoms with Gasteiger partial charge < -0.3 is 9.94 Å². The third-order valence-electron chi connectivity index (χ3n) is 2.72. The van der Waals surface area contributed by atoms with Gasteiger partial charge in [-0.15, -0.1) is 0 Å². The first kappa shape index (κ1) is 14.9. The zero-order chi connectivity index (χ0) is 14.4. The summed E-state index contributed by atoms with van der Waals surface area (Å²) < 4.78 is 5.06. The summed E-state index contributed by atoms with van der Waals surface area (Å²) in [5.74, 6) is 0.613. The zero-order valence-corrected chi connectivity index (χ0v) is 11.6. The van der Waals surface area contributed by atoms with Gasteiger partial charge in [0.2, 0.25) is 6.20 Å². The highest BCUT2D eigenvalue weighted by molar-refractivity contribution is 5.80. The fourth-order valence-corrected chi connectivity index (χ4v) is 1.38. The quantitative estimate of drug-likeness (QED) is 0.465. The van der Waals surface area contributed by atoms with E-state index in [-0.39, 0.29) is 5.78 Å². The van der Waals surface area contributed by atoms with Crippen LogP contribution < -0.4 is 4.74 Å². The summed E-state index contributed by atoms with van der Waals surface area (Å²) in [4.78, 5) is 11.4. The van der Waals surface area contributed by atoms with Crippen LogP contribution in [0.2, 0.25) is 0 Å². The van der Waals surface area contributed by atoms with Gasteiger partial charge in [-0.05, 0) is 43.6 Å². The molecule has 5 nitrogen and oxygen atoms in total.